The van der Waals surface area contributed by atoms with Crippen molar-refractivity contribution < 1.29 is 18.8 Å². The lowest BCUT2D eigenvalue weighted by Crippen LogP contribution is -3.12. The molecule has 136 valence electrons. The molecule has 7 heteroatoms. The molecular formula is C19H21FN3O2S+. The van der Waals surface area contributed by atoms with Crippen molar-refractivity contribution in [1.82, 2.24) is 9.97 Å². The van der Waals surface area contributed by atoms with Crippen LogP contribution in [0.5, 0.6) is 11.6 Å². The highest BCUT2D eigenvalue weighted by Gasteiger charge is 2.20. The summed E-state index contributed by atoms with van der Waals surface area (Å²) in [6.45, 7) is 8.34. The Bertz CT molecular complexity index is 921. The summed E-state index contributed by atoms with van der Waals surface area (Å²) < 4.78 is 24.6. The number of rotatable bonds is 4. The van der Waals surface area contributed by atoms with Crippen LogP contribution in [0.15, 0.2) is 24.3 Å². The van der Waals surface area contributed by atoms with Crippen LogP contribution in [0.3, 0.4) is 0 Å². The Hall–Kier alpha value is -2.09. The first-order chi connectivity index (χ1) is 12.6. The lowest BCUT2D eigenvalue weighted by Gasteiger charge is -2.23. The van der Waals surface area contributed by atoms with Gasteiger partial charge in [0.1, 0.15) is 36.0 Å². The molecule has 3 heterocycles. The fourth-order valence-electron chi connectivity index (χ4n) is 3.08. The van der Waals surface area contributed by atoms with Gasteiger partial charge in [0.25, 0.3) is 0 Å². The smallest absolute Gasteiger partial charge is 0.231 e. The molecule has 4 rings (SSSR count). The summed E-state index contributed by atoms with van der Waals surface area (Å²) in [6.07, 6.45) is 0. The number of ether oxygens (including phenoxy) is 2. The van der Waals surface area contributed by atoms with Gasteiger partial charge in [-0.1, -0.05) is 0 Å². The average molecular weight is 374 g/mol. The van der Waals surface area contributed by atoms with Gasteiger partial charge >= 0.3 is 0 Å². The maximum absolute atomic E-state index is 13.2. The van der Waals surface area contributed by atoms with E-state index in [9.17, 15) is 4.39 Å². The Morgan fingerprint density at radius 3 is 2.62 bits per heavy atom. The molecule has 5 nitrogen and oxygen atoms in total. The third kappa shape index (κ3) is 3.56. The number of aromatic nitrogens is 2. The quantitative estimate of drug-likeness (QED) is 0.763. The first-order valence-corrected chi connectivity index (χ1v) is 9.53. The molecule has 1 aromatic carbocycles. The Kier molecular flexibility index (Phi) is 4.84. The van der Waals surface area contributed by atoms with E-state index in [2.05, 4.69) is 13.8 Å². The van der Waals surface area contributed by atoms with Crippen molar-refractivity contribution >= 4 is 21.6 Å². The zero-order valence-electron chi connectivity index (χ0n) is 14.8. The predicted molar refractivity (Wildman–Crippen MR) is 98.6 cm³/mol. The number of hydrogen-bond donors (Lipinski definition) is 1. The molecule has 1 saturated heterocycles. The van der Waals surface area contributed by atoms with Gasteiger partial charge < -0.3 is 14.4 Å². The molecule has 26 heavy (non-hydrogen) atoms. The van der Waals surface area contributed by atoms with Gasteiger partial charge in [0.05, 0.1) is 18.6 Å². The highest BCUT2D eigenvalue weighted by molar-refractivity contribution is 7.18. The minimum atomic E-state index is -0.288. The summed E-state index contributed by atoms with van der Waals surface area (Å²) in [5.74, 6) is 1.60. The van der Waals surface area contributed by atoms with E-state index >= 15 is 0 Å². The molecule has 0 radical (unpaired) electrons. The molecule has 0 unspecified atom stereocenters. The number of thiophene rings is 1. The average Bonchev–Trinajstić information content (AvgIpc) is 2.92. The van der Waals surface area contributed by atoms with E-state index in [0.717, 1.165) is 54.5 Å². The van der Waals surface area contributed by atoms with Gasteiger partial charge in [0.15, 0.2) is 5.82 Å². The van der Waals surface area contributed by atoms with Gasteiger partial charge in [-0.3, -0.25) is 0 Å². The van der Waals surface area contributed by atoms with Crippen molar-refractivity contribution in [1.29, 1.82) is 0 Å². The molecule has 0 spiro atoms. The van der Waals surface area contributed by atoms with Crippen LogP contribution in [-0.2, 0) is 11.3 Å². The fraction of sp³-hybridized carbons (Fsp3) is 0.368. The minimum absolute atomic E-state index is 0.288. The zero-order chi connectivity index (χ0) is 18.1. The van der Waals surface area contributed by atoms with Gasteiger partial charge in [-0.25, -0.2) is 9.37 Å². The van der Waals surface area contributed by atoms with Crippen LogP contribution in [0.4, 0.5) is 4.39 Å². The second-order valence-electron chi connectivity index (χ2n) is 6.50. The normalized spacial score (nSPS) is 15.5. The maximum Gasteiger partial charge on any atom is 0.231 e. The summed E-state index contributed by atoms with van der Waals surface area (Å²) in [5, 5.41) is 0.942. The number of nitrogens with zero attached hydrogens (tertiary/aromatic N) is 2. The third-order valence-electron chi connectivity index (χ3n) is 4.68. The molecule has 0 saturated carbocycles. The van der Waals surface area contributed by atoms with E-state index in [0.29, 0.717) is 11.6 Å². The number of halogens is 1. The number of quaternary nitrogens is 1. The van der Waals surface area contributed by atoms with E-state index in [4.69, 9.17) is 19.4 Å². The maximum atomic E-state index is 13.2. The fourth-order valence-corrected chi connectivity index (χ4v) is 4.12. The Morgan fingerprint density at radius 1 is 1.15 bits per heavy atom. The predicted octanol–water partition coefficient (Wildman–Crippen LogP) is 2.65. The molecule has 0 atom stereocenters. The van der Waals surface area contributed by atoms with Crippen LogP contribution >= 0.6 is 11.3 Å². The van der Waals surface area contributed by atoms with E-state index in [-0.39, 0.29) is 5.82 Å². The second-order valence-corrected chi connectivity index (χ2v) is 7.71. The molecule has 1 N–H and O–H groups in total. The monoisotopic (exact) mass is 374 g/mol. The molecule has 1 fully saturated rings. The summed E-state index contributed by atoms with van der Waals surface area (Å²) >= 11 is 1.66. The number of fused-ring (bicyclic) bond motifs is 1. The molecule has 0 aliphatic carbocycles. The van der Waals surface area contributed by atoms with Crippen molar-refractivity contribution in [2.45, 2.75) is 20.4 Å². The van der Waals surface area contributed by atoms with Gasteiger partial charge in [-0.2, -0.15) is 4.98 Å². The number of hydrogen-bond acceptors (Lipinski definition) is 5. The Balaban J connectivity index is 1.71. The SMILES string of the molecule is Cc1sc2nc(C[NH+]3CCOCC3)nc(Oc3ccc(F)cc3)c2c1C. The van der Waals surface area contributed by atoms with Crippen LogP contribution in [0.1, 0.15) is 16.3 Å². The van der Waals surface area contributed by atoms with Gasteiger partial charge in [-0.15, -0.1) is 11.3 Å². The van der Waals surface area contributed by atoms with Gasteiger partial charge in [0, 0.05) is 4.88 Å². The largest absolute Gasteiger partial charge is 0.438 e. The van der Waals surface area contributed by atoms with Crippen molar-refractivity contribution in [3.8, 4) is 11.6 Å². The molecule has 1 aliphatic heterocycles. The summed E-state index contributed by atoms with van der Waals surface area (Å²) in [5.41, 5.74) is 1.13. The first kappa shape index (κ1) is 17.3. The van der Waals surface area contributed by atoms with Crippen LogP contribution in [0, 0.1) is 19.7 Å². The highest BCUT2D eigenvalue weighted by atomic mass is 32.1. The standard InChI is InChI=1S/C19H20FN3O2S/c1-12-13(2)26-19-17(12)18(25-15-5-3-14(20)4-6-15)21-16(22-19)11-23-7-9-24-10-8-23/h3-6H,7-11H2,1-2H3/p+1. The lowest BCUT2D eigenvalue weighted by molar-refractivity contribution is -0.922. The number of benzene rings is 1. The van der Waals surface area contributed by atoms with E-state index < -0.39 is 0 Å². The van der Waals surface area contributed by atoms with Crippen LogP contribution in [0.25, 0.3) is 10.2 Å². The Labute approximate surface area is 155 Å². The summed E-state index contributed by atoms with van der Waals surface area (Å²) in [7, 11) is 0. The summed E-state index contributed by atoms with van der Waals surface area (Å²) in [4.78, 5) is 13.0. The summed E-state index contributed by atoms with van der Waals surface area (Å²) in [6, 6.07) is 6.01. The van der Waals surface area contributed by atoms with Crippen molar-refractivity contribution in [2.24, 2.45) is 0 Å². The number of aryl methyl sites for hydroxylation is 2. The highest BCUT2D eigenvalue weighted by Crippen LogP contribution is 2.36. The van der Waals surface area contributed by atoms with Gasteiger partial charge in [-0.05, 0) is 43.7 Å². The molecular weight excluding hydrogens is 353 g/mol. The van der Waals surface area contributed by atoms with Crippen LogP contribution < -0.4 is 9.64 Å². The van der Waals surface area contributed by atoms with E-state index in [1.807, 2.05) is 0 Å². The number of morpholine rings is 1. The first-order valence-electron chi connectivity index (χ1n) is 8.71. The topological polar surface area (TPSA) is 48.7 Å². The van der Waals surface area contributed by atoms with Crippen LogP contribution in [-0.4, -0.2) is 36.3 Å². The molecule has 1 aliphatic rings. The Morgan fingerprint density at radius 2 is 1.88 bits per heavy atom. The number of nitrogens with one attached hydrogen (secondary N) is 1. The lowest BCUT2D eigenvalue weighted by atomic mass is 10.2. The van der Waals surface area contributed by atoms with Gasteiger partial charge in [0.2, 0.25) is 5.88 Å². The molecule has 3 aromatic rings. The third-order valence-corrected chi connectivity index (χ3v) is 5.78. The van der Waals surface area contributed by atoms with Crippen molar-refractivity contribution in [3.05, 3.63) is 46.3 Å². The zero-order valence-corrected chi connectivity index (χ0v) is 15.7. The molecule has 0 amide bonds. The van der Waals surface area contributed by atoms with Crippen LogP contribution in [0.2, 0.25) is 0 Å². The second kappa shape index (κ2) is 7.26. The molecule has 2 aromatic heterocycles. The molecule has 0 bridgehead atoms. The minimum Gasteiger partial charge on any atom is -0.438 e. The van der Waals surface area contributed by atoms with E-state index in [1.165, 1.54) is 21.9 Å². The van der Waals surface area contributed by atoms with Crippen molar-refractivity contribution in [3.63, 3.8) is 0 Å². The van der Waals surface area contributed by atoms with E-state index in [1.54, 1.807) is 23.5 Å². The van der Waals surface area contributed by atoms with Crippen molar-refractivity contribution in [2.75, 3.05) is 26.3 Å².